The standard InChI is InChI=1S/C14H17ClN2O3/c1-14(7-3-2-4-8-14)16-13(18)10-5-6-12(17(19)20)11(15)9-10/h5-6,9H,2-4,7-8H2,1H3,(H,16,18). The summed E-state index contributed by atoms with van der Waals surface area (Å²) >= 11 is 5.82. The van der Waals surface area contributed by atoms with Crippen LogP contribution in [-0.4, -0.2) is 16.4 Å². The third-order valence-corrected chi connectivity index (χ3v) is 4.08. The van der Waals surface area contributed by atoms with Gasteiger partial charge in [0.25, 0.3) is 11.6 Å². The van der Waals surface area contributed by atoms with Gasteiger partial charge < -0.3 is 5.32 Å². The number of nitrogens with one attached hydrogen (secondary N) is 1. The molecule has 0 unspecified atom stereocenters. The van der Waals surface area contributed by atoms with Crippen LogP contribution in [0.1, 0.15) is 49.4 Å². The lowest BCUT2D eigenvalue weighted by molar-refractivity contribution is -0.384. The molecule has 2 rings (SSSR count). The quantitative estimate of drug-likeness (QED) is 0.683. The number of benzene rings is 1. The number of hydrogen-bond donors (Lipinski definition) is 1. The Balaban J connectivity index is 2.13. The van der Waals surface area contributed by atoms with Gasteiger partial charge in [0.05, 0.1) is 4.92 Å². The molecule has 1 aliphatic rings. The zero-order chi connectivity index (χ0) is 14.8. The maximum atomic E-state index is 12.2. The average molecular weight is 297 g/mol. The highest BCUT2D eigenvalue weighted by Crippen LogP contribution is 2.29. The van der Waals surface area contributed by atoms with E-state index in [0.29, 0.717) is 5.56 Å². The molecule has 0 aliphatic heterocycles. The fourth-order valence-electron chi connectivity index (χ4n) is 2.60. The summed E-state index contributed by atoms with van der Waals surface area (Å²) in [7, 11) is 0. The molecule has 0 bridgehead atoms. The topological polar surface area (TPSA) is 72.2 Å². The van der Waals surface area contributed by atoms with Crippen molar-refractivity contribution in [3.05, 3.63) is 38.9 Å². The van der Waals surface area contributed by atoms with Crippen LogP contribution in [-0.2, 0) is 0 Å². The number of amides is 1. The van der Waals surface area contributed by atoms with Gasteiger partial charge in [-0.15, -0.1) is 0 Å². The smallest absolute Gasteiger partial charge is 0.287 e. The van der Waals surface area contributed by atoms with Crippen LogP contribution in [0.2, 0.25) is 5.02 Å². The molecule has 0 aromatic heterocycles. The number of hydrogen-bond acceptors (Lipinski definition) is 3. The molecule has 0 spiro atoms. The van der Waals surface area contributed by atoms with Crippen molar-refractivity contribution in [3.63, 3.8) is 0 Å². The molecule has 5 nitrogen and oxygen atoms in total. The minimum absolute atomic E-state index is 0.0172. The molecule has 6 heteroatoms. The number of nitrogens with zero attached hydrogens (tertiary/aromatic N) is 1. The molecule has 0 radical (unpaired) electrons. The molecule has 1 aliphatic carbocycles. The first kappa shape index (κ1) is 14.8. The van der Waals surface area contributed by atoms with Gasteiger partial charge >= 0.3 is 0 Å². The van der Waals surface area contributed by atoms with Crippen molar-refractivity contribution >= 4 is 23.2 Å². The Morgan fingerprint density at radius 2 is 2.00 bits per heavy atom. The van der Waals surface area contributed by atoms with Crippen LogP contribution in [0.4, 0.5) is 5.69 Å². The van der Waals surface area contributed by atoms with E-state index in [1.54, 1.807) is 0 Å². The molecule has 20 heavy (non-hydrogen) atoms. The lowest BCUT2D eigenvalue weighted by Crippen LogP contribution is -2.47. The van der Waals surface area contributed by atoms with E-state index in [1.807, 2.05) is 6.92 Å². The molecule has 0 heterocycles. The van der Waals surface area contributed by atoms with Crippen LogP contribution in [0.3, 0.4) is 0 Å². The summed E-state index contributed by atoms with van der Waals surface area (Å²) in [6.07, 6.45) is 5.34. The Morgan fingerprint density at radius 3 is 2.55 bits per heavy atom. The Morgan fingerprint density at radius 1 is 1.35 bits per heavy atom. The van der Waals surface area contributed by atoms with Crippen molar-refractivity contribution in [2.45, 2.75) is 44.6 Å². The largest absolute Gasteiger partial charge is 0.347 e. The van der Waals surface area contributed by atoms with Crippen LogP contribution in [0.5, 0.6) is 0 Å². The van der Waals surface area contributed by atoms with Crippen LogP contribution in [0.15, 0.2) is 18.2 Å². The second-order valence-corrected chi connectivity index (χ2v) is 5.91. The van der Waals surface area contributed by atoms with Gasteiger partial charge in [0.15, 0.2) is 0 Å². The van der Waals surface area contributed by atoms with Crippen molar-refractivity contribution in [3.8, 4) is 0 Å². The first-order chi connectivity index (χ1) is 9.41. The van der Waals surface area contributed by atoms with E-state index in [4.69, 9.17) is 11.6 Å². The van der Waals surface area contributed by atoms with Crippen molar-refractivity contribution in [2.24, 2.45) is 0 Å². The second kappa shape index (κ2) is 5.79. The third-order valence-electron chi connectivity index (χ3n) is 3.78. The first-order valence-electron chi connectivity index (χ1n) is 6.68. The number of halogens is 1. The Hall–Kier alpha value is -1.62. The van der Waals surface area contributed by atoms with Gasteiger partial charge in [0.1, 0.15) is 5.02 Å². The molecule has 108 valence electrons. The maximum absolute atomic E-state index is 12.2. The van der Waals surface area contributed by atoms with E-state index < -0.39 is 4.92 Å². The minimum atomic E-state index is -0.563. The Bertz CT molecular complexity index is 539. The molecule has 1 saturated carbocycles. The summed E-state index contributed by atoms with van der Waals surface area (Å²) in [5, 5.41) is 13.7. The monoisotopic (exact) mass is 296 g/mol. The average Bonchev–Trinajstić information content (AvgIpc) is 2.38. The SMILES string of the molecule is CC1(NC(=O)c2ccc([N+](=O)[O-])c(Cl)c2)CCCCC1. The van der Waals surface area contributed by atoms with E-state index >= 15 is 0 Å². The van der Waals surface area contributed by atoms with Gasteiger partial charge in [0.2, 0.25) is 0 Å². The molecule has 1 aromatic rings. The summed E-state index contributed by atoms with van der Waals surface area (Å²) < 4.78 is 0. The number of carbonyl (C=O) groups is 1. The highest BCUT2D eigenvalue weighted by Gasteiger charge is 2.29. The summed E-state index contributed by atoms with van der Waals surface area (Å²) in [5.74, 6) is -0.230. The summed E-state index contributed by atoms with van der Waals surface area (Å²) in [5.41, 5.74) is -0.0247. The lowest BCUT2D eigenvalue weighted by Gasteiger charge is -2.34. The zero-order valence-electron chi connectivity index (χ0n) is 11.3. The van der Waals surface area contributed by atoms with E-state index in [9.17, 15) is 14.9 Å². The van der Waals surface area contributed by atoms with Crippen LogP contribution in [0.25, 0.3) is 0 Å². The van der Waals surface area contributed by atoms with E-state index in [2.05, 4.69) is 5.32 Å². The summed E-state index contributed by atoms with van der Waals surface area (Å²) in [6, 6.07) is 4.05. The van der Waals surface area contributed by atoms with Crippen molar-refractivity contribution in [2.75, 3.05) is 0 Å². The fraction of sp³-hybridized carbons (Fsp3) is 0.500. The fourth-order valence-corrected chi connectivity index (χ4v) is 2.85. The molecule has 0 saturated heterocycles. The van der Waals surface area contributed by atoms with E-state index in [0.717, 1.165) is 25.7 Å². The minimum Gasteiger partial charge on any atom is -0.347 e. The highest BCUT2D eigenvalue weighted by molar-refractivity contribution is 6.33. The summed E-state index contributed by atoms with van der Waals surface area (Å²) in [4.78, 5) is 22.3. The van der Waals surface area contributed by atoms with Crippen LogP contribution < -0.4 is 5.32 Å². The van der Waals surface area contributed by atoms with Crippen LogP contribution >= 0.6 is 11.6 Å². The van der Waals surface area contributed by atoms with Gasteiger partial charge in [-0.3, -0.25) is 14.9 Å². The van der Waals surface area contributed by atoms with Gasteiger partial charge in [0, 0.05) is 17.2 Å². The Labute approximate surface area is 122 Å². The molecule has 1 N–H and O–H groups in total. The van der Waals surface area contributed by atoms with Crippen molar-refractivity contribution < 1.29 is 9.72 Å². The molecule has 1 fully saturated rings. The number of nitro benzene ring substituents is 1. The maximum Gasteiger partial charge on any atom is 0.287 e. The molecular weight excluding hydrogens is 280 g/mol. The number of nitro groups is 1. The normalized spacial score (nSPS) is 17.5. The van der Waals surface area contributed by atoms with Crippen molar-refractivity contribution in [1.82, 2.24) is 5.32 Å². The highest BCUT2D eigenvalue weighted by atomic mass is 35.5. The first-order valence-corrected chi connectivity index (χ1v) is 7.05. The number of carbonyl (C=O) groups excluding carboxylic acids is 1. The van der Waals surface area contributed by atoms with Gasteiger partial charge in [-0.2, -0.15) is 0 Å². The van der Waals surface area contributed by atoms with Gasteiger partial charge in [-0.25, -0.2) is 0 Å². The van der Waals surface area contributed by atoms with E-state index in [1.165, 1.54) is 24.6 Å². The molecule has 1 amide bonds. The number of rotatable bonds is 3. The molecule has 1 aromatic carbocycles. The van der Waals surface area contributed by atoms with Crippen LogP contribution in [0, 0.1) is 10.1 Å². The second-order valence-electron chi connectivity index (χ2n) is 5.50. The summed E-state index contributed by atoms with van der Waals surface area (Å²) in [6.45, 7) is 2.04. The predicted octanol–water partition coefficient (Wildman–Crippen LogP) is 3.70. The van der Waals surface area contributed by atoms with Crippen molar-refractivity contribution in [1.29, 1.82) is 0 Å². The molecule has 0 atom stereocenters. The van der Waals surface area contributed by atoms with E-state index in [-0.39, 0.29) is 22.2 Å². The third kappa shape index (κ3) is 3.28. The van der Waals surface area contributed by atoms with Gasteiger partial charge in [-0.1, -0.05) is 30.9 Å². The predicted molar refractivity (Wildman–Crippen MR) is 77.1 cm³/mol. The lowest BCUT2D eigenvalue weighted by atomic mass is 9.83. The van der Waals surface area contributed by atoms with Gasteiger partial charge in [-0.05, 0) is 31.9 Å². The molecular formula is C14H17ClN2O3. The zero-order valence-corrected chi connectivity index (χ0v) is 12.1. The Kier molecular flexibility index (Phi) is 4.28.